The van der Waals surface area contributed by atoms with Crippen LogP contribution in [0, 0.1) is 23.2 Å². The van der Waals surface area contributed by atoms with Gasteiger partial charge in [0.1, 0.15) is 11.1 Å². The molecule has 1 N–H and O–H groups in total. The number of carbonyl (C=O) groups is 3. The molecule has 0 radical (unpaired) electrons. The normalized spacial score (nSPS) is 24.3. The lowest BCUT2D eigenvalue weighted by Gasteiger charge is -2.19. The van der Waals surface area contributed by atoms with E-state index in [1.54, 1.807) is 0 Å². The summed E-state index contributed by atoms with van der Waals surface area (Å²) in [6, 6.07) is 2.26. The predicted octanol–water partition coefficient (Wildman–Crippen LogP) is 3.39. The lowest BCUT2D eigenvalue weighted by atomic mass is 9.81. The molecule has 6 nitrogen and oxygen atoms in total. The lowest BCUT2D eigenvalue weighted by Crippen LogP contribution is -2.34. The van der Waals surface area contributed by atoms with E-state index in [0.29, 0.717) is 10.6 Å². The van der Waals surface area contributed by atoms with Crippen LogP contribution in [0.15, 0.2) is 0 Å². The first-order valence-corrected chi connectivity index (χ1v) is 11.1. The molecule has 2 atom stereocenters. The van der Waals surface area contributed by atoms with Crippen molar-refractivity contribution in [3.8, 4) is 6.07 Å². The summed E-state index contributed by atoms with van der Waals surface area (Å²) in [6.45, 7) is 0.128. The fraction of sp³-hybridized carbons (Fsp3) is 0.619. The van der Waals surface area contributed by atoms with E-state index >= 15 is 0 Å². The molecule has 148 valence electrons. The number of fused-ring (bicyclic) bond motifs is 2. The highest BCUT2D eigenvalue weighted by Crippen LogP contribution is 2.39. The zero-order chi connectivity index (χ0) is 19.7. The smallest absolute Gasteiger partial charge is 0.233 e. The second kappa shape index (κ2) is 8.04. The average Bonchev–Trinajstić information content (AvgIpc) is 3.02. The van der Waals surface area contributed by atoms with Gasteiger partial charge in [-0.15, -0.1) is 11.3 Å². The van der Waals surface area contributed by atoms with Crippen molar-refractivity contribution in [3.63, 3.8) is 0 Å². The number of amides is 3. The Hall–Kier alpha value is -2.20. The number of thiophene rings is 1. The summed E-state index contributed by atoms with van der Waals surface area (Å²) < 4.78 is 0. The zero-order valence-corrected chi connectivity index (χ0v) is 16.8. The van der Waals surface area contributed by atoms with Gasteiger partial charge in [-0.25, -0.2) is 0 Å². The number of anilines is 1. The van der Waals surface area contributed by atoms with Gasteiger partial charge in [-0.2, -0.15) is 5.26 Å². The number of rotatable bonds is 4. The molecule has 1 saturated carbocycles. The Morgan fingerprint density at radius 1 is 1.07 bits per heavy atom. The third-order valence-electron chi connectivity index (χ3n) is 6.28. The summed E-state index contributed by atoms with van der Waals surface area (Å²) in [7, 11) is 0. The number of nitrogens with zero attached hydrogens (tertiary/aromatic N) is 2. The molecule has 0 aromatic carbocycles. The van der Waals surface area contributed by atoms with Gasteiger partial charge in [0.05, 0.1) is 17.4 Å². The van der Waals surface area contributed by atoms with Crippen molar-refractivity contribution in [2.45, 2.75) is 64.2 Å². The number of likely N-dealkylation sites (tertiary alicyclic amines) is 1. The first kappa shape index (κ1) is 19.1. The molecular weight excluding hydrogens is 374 g/mol. The van der Waals surface area contributed by atoms with E-state index in [0.717, 1.165) is 56.9 Å². The summed E-state index contributed by atoms with van der Waals surface area (Å²) in [6.07, 6.45) is 8.85. The maximum atomic E-state index is 12.5. The fourth-order valence-electron chi connectivity index (χ4n) is 4.80. The number of nitriles is 1. The van der Waals surface area contributed by atoms with E-state index in [9.17, 15) is 19.6 Å². The van der Waals surface area contributed by atoms with Crippen LogP contribution in [-0.4, -0.2) is 29.2 Å². The molecule has 28 heavy (non-hydrogen) atoms. The van der Waals surface area contributed by atoms with Crippen LogP contribution >= 0.6 is 11.3 Å². The van der Waals surface area contributed by atoms with Crippen molar-refractivity contribution < 1.29 is 14.4 Å². The molecule has 7 heteroatoms. The van der Waals surface area contributed by atoms with Crippen LogP contribution in [0.25, 0.3) is 0 Å². The fourth-order valence-corrected chi connectivity index (χ4v) is 6.06. The van der Waals surface area contributed by atoms with Crippen molar-refractivity contribution in [1.29, 1.82) is 5.26 Å². The van der Waals surface area contributed by atoms with Gasteiger partial charge < -0.3 is 5.32 Å². The molecule has 3 aliphatic rings. The van der Waals surface area contributed by atoms with Crippen LogP contribution in [-0.2, 0) is 27.2 Å². The highest BCUT2D eigenvalue weighted by atomic mass is 32.1. The van der Waals surface area contributed by atoms with Gasteiger partial charge >= 0.3 is 0 Å². The average molecular weight is 400 g/mol. The zero-order valence-electron chi connectivity index (χ0n) is 16.0. The molecule has 2 heterocycles. The molecule has 1 saturated heterocycles. The third-order valence-corrected chi connectivity index (χ3v) is 7.49. The molecule has 3 amide bonds. The van der Waals surface area contributed by atoms with Gasteiger partial charge in [0.2, 0.25) is 17.7 Å². The van der Waals surface area contributed by atoms with Crippen molar-refractivity contribution in [2.75, 3.05) is 11.9 Å². The molecule has 0 spiro atoms. The van der Waals surface area contributed by atoms with Crippen LogP contribution < -0.4 is 5.32 Å². The standard InChI is InChI=1S/C21H25N3O3S/c22-12-16-13-6-2-1-3-9-17(13)28-19(16)23-18(25)10-11-24-20(26)14-7-4-5-8-15(14)21(24)27/h14-15H,1-11H2,(H,23,25)/t14-,15-/m0/s1. The summed E-state index contributed by atoms with van der Waals surface area (Å²) in [4.78, 5) is 40.0. The van der Waals surface area contributed by atoms with E-state index in [2.05, 4.69) is 11.4 Å². The van der Waals surface area contributed by atoms with Crippen LogP contribution in [0.5, 0.6) is 0 Å². The quantitative estimate of drug-likeness (QED) is 0.621. The van der Waals surface area contributed by atoms with E-state index in [1.165, 1.54) is 27.5 Å². The summed E-state index contributed by atoms with van der Waals surface area (Å²) >= 11 is 1.50. The van der Waals surface area contributed by atoms with E-state index in [-0.39, 0.29) is 42.5 Å². The number of carbonyl (C=O) groups excluding carboxylic acids is 3. The lowest BCUT2D eigenvalue weighted by molar-refractivity contribution is -0.140. The summed E-state index contributed by atoms with van der Waals surface area (Å²) in [5.41, 5.74) is 1.68. The number of hydrogen-bond acceptors (Lipinski definition) is 5. The Morgan fingerprint density at radius 2 is 1.75 bits per heavy atom. The molecular formula is C21H25N3O3S. The monoisotopic (exact) mass is 399 g/mol. The van der Waals surface area contributed by atoms with Gasteiger partial charge in [0.15, 0.2) is 0 Å². The number of hydrogen-bond donors (Lipinski definition) is 1. The third kappa shape index (κ3) is 3.46. The molecule has 4 rings (SSSR count). The van der Waals surface area contributed by atoms with E-state index in [4.69, 9.17) is 0 Å². The van der Waals surface area contributed by atoms with E-state index in [1.807, 2.05) is 0 Å². The largest absolute Gasteiger partial charge is 0.317 e. The Kier molecular flexibility index (Phi) is 5.49. The topological polar surface area (TPSA) is 90.3 Å². The second-order valence-electron chi connectivity index (χ2n) is 8.00. The van der Waals surface area contributed by atoms with Crippen LogP contribution in [0.3, 0.4) is 0 Å². The van der Waals surface area contributed by atoms with E-state index < -0.39 is 0 Å². The SMILES string of the molecule is N#Cc1c(NC(=O)CCN2C(=O)[C@H]3CCCC[C@@H]3C2=O)sc2c1CCCCC2. The minimum atomic E-state index is -0.247. The number of aryl methyl sites for hydroxylation is 1. The maximum absolute atomic E-state index is 12.5. The molecule has 0 bridgehead atoms. The number of nitrogens with one attached hydrogen (secondary N) is 1. The van der Waals surface area contributed by atoms with Crippen LogP contribution in [0.2, 0.25) is 0 Å². The first-order valence-electron chi connectivity index (χ1n) is 10.3. The highest BCUT2D eigenvalue weighted by molar-refractivity contribution is 7.16. The van der Waals surface area contributed by atoms with Gasteiger partial charge in [0.25, 0.3) is 0 Å². The molecule has 1 aromatic heterocycles. The second-order valence-corrected chi connectivity index (χ2v) is 9.11. The van der Waals surface area contributed by atoms with Crippen molar-refractivity contribution in [2.24, 2.45) is 11.8 Å². The van der Waals surface area contributed by atoms with Crippen LogP contribution in [0.4, 0.5) is 5.00 Å². The minimum Gasteiger partial charge on any atom is -0.317 e. The molecule has 2 fully saturated rings. The molecule has 0 unspecified atom stereocenters. The van der Waals surface area contributed by atoms with Gasteiger partial charge in [-0.05, 0) is 44.1 Å². The maximum Gasteiger partial charge on any atom is 0.233 e. The molecule has 2 aliphatic carbocycles. The summed E-state index contributed by atoms with van der Waals surface area (Å²) in [5, 5.41) is 13.0. The van der Waals surface area contributed by atoms with Crippen molar-refractivity contribution in [3.05, 3.63) is 16.0 Å². The van der Waals surface area contributed by atoms with Gasteiger partial charge in [-0.1, -0.05) is 19.3 Å². The Bertz CT molecular complexity index is 830. The first-order chi connectivity index (χ1) is 13.6. The molecule has 1 aromatic rings. The van der Waals surface area contributed by atoms with Crippen molar-refractivity contribution >= 4 is 34.1 Å². The molecule has 1 aliphatic heterocycles. The highest BCUT2D eigenvalue weighted by Gasteiger charge is 2.47. The minimum absolute atomic E-state index is 0.0738. The number of imide groups is 1. The van der Waals surface area contributed by atoms with Gasteiger partial charge in [0, 0.05) is 17.8 Å². The van der Waals surface area contributed by atoms with Crippen molar-refractivity contribution in [1.82, 2.24) is 4.90 Å². The van der Waals surface area contributed by atoms with Gasteiger partial charge in [-0.3, -0.25) is 19.3 Å². The summed E-state index contributed by atoms with van der Waals surface area (Å²) in [5.74, 6) is -0.820. The predicted molar refractivity (Wildman–Crippen MR) is 106 cm³/mol. The Morgan fingerprint density at radius 3 is 2.43 bits per heavy atom. The Labute approximate surface area is 168 Å². The Balaban J connectivity index is 1.40. The van der Waals surface area contributed by atoms with Crippen LogP contribution in [0.1, 0.15) is 67.4 Å².